The number of carbonyl (C=O) groups is 1. The molecule has 3 rings (SSSR count). The molecule has 1 aliphatic rings. The summed E-state index contributed by atoms with van der Waals surface area (Å²) >= 11 is 6.13. The van der Waals surface area contributed by atoms with Crippen molar-refractivity contribution in [3.8, 4) is 17.2 Å². The SMILES string of the molecule is COc1ccc(N2Cc3cc(Cl)cc(OC)c3OC(C)C2=O)cc1F. The Bertz CT molecular complexity index is 827. The molecular formula is C18H17ClFNO4. The number of benzene rings is 2. The molecule has 0 bridgehead atoms. The predicted molar refractivity (Wildman–Crippen MR) is 92.2 cm³/mol. The van der Waals surface area contributed by atoms with Gasteiger partial charge in [-0.2, -0.15) is 0 Å². The van der Waals surface area contributed by atoms with Gasteiger partial charge in [0, 0.05) is 28.4 Å². The van der Waals surface area contributed by atoms with Crippen molar-refractivity contribution in [1.82, 2.24) is 0 Å². The van der Waals surface area contributed by atoms with Crippen LogP contribution >= 0.6 is 11.6 Å². The molecule has 0 saturated heterocycles. The van der Waals surface area contributed by atoms with Gasteiger partial charge in [-0.3, -0.25) is 4.79 Å². The van der Waals surface area contributed by atoms with Crippen LogP contribution in [0.15, 0.2) is 30.3 Å². The summed E-state index contributed by atoms with van der Waals surface area (Å²) in [5, 5.41) is 0.460. The molecule has 0 aliphatic carbocycles. The third-order valence-electron chi connectivity index (χ3n) is 4.00. The Morgan fingerprint density at radius 3 is 2.56 bits per heavy atom. The van der Waals surface area contributed by atoms with Crippen LogP contribution in [0.25, 0.3) is 0 Å². The van der Waals surface area contributed by atoms with Crippen LogP contribution in [0, 0.1) is 5.82 Å². The maximum atomic E-state index is 14.1. The number of rotatable bonds is 3. The zero-order valence-corrected chi connectivity index (χ0v) is 14.8. The summed E-state index contributed by atoms with van der Waals surface area (Å²) in [6, 6.07) is 7.70. The Kier molecular flexibility index (Phi) is 4.72. The quantitative estimate of drug-likeness (QED) is 0.829. The van der Waals surface area contributed by atoms with Crippen molar-refractivity contribution in [2.45, 2.75) is 19.6 Å². The molecule has 5 nitrogen and oxygen atoms in total. The molecule has 1 aliphatic heterocycles. The van der Waals surface area contributed by atoms with E-state index in [9.17, 15) is 9.18 Å². The minimum Gasteiger partial charge on any atom is -0.494 e. The molecule has 7 heteroatoms. The highest BCUT2D eigenvalue weighted by molar-refractivity contribution is 6.30. The zero-order valence-electron chi connectivity index (χ0n) is 14.0. The van der Waals surface area contributed by atoms with Crippen molar-refractivity contribution in [2.75, 3.05) is 19.1 Å². The van der Waals surface area contributed by atoms with Crippen LogP contribution < -0.4 is 19.1 Å². The molecular weight excluding hydrogens is 349 g/mol. The standard InChI is InChI=1S/C18H17ClFNO4/c1-10-18(22)21(13-4-5-15(23-2)14(20)8-13)9-11-6-12(19)7-16(24-3)17(11)25-10/h4-8,10H,9H2,1-3H3. The van der Waals surface area contributed by atoms with Gasteiger partial charge in [0.2, 0.25) is 0 Å². The van der Waals surface area contributed by atoms with Crippen molar-refractivity contribution in [2.24, 2.45) is 0 Å². The molecule has 1 heterocycles. The van der Waals surface area contributed by atoms with Gasteiger partial charge < -0.3 is 19.1 Å². The van der Waals surface area contributed by atoms with Gasteiger partial charge in [-0.05, 0) is 25.1 Å². The van der Waals surface area contributed by atoms with Crippen LogP contribution in [0.2, 0.25) is 5.02 Å². The lowest BCUT2D eigenvalue weighted by molar-refractivity contribution is -0.124. The molecule has 1 unspecified atom stereocenters. The number of hydrogen-bond donors (Lipinski definition) is 0. The van der Waals surface area contributed by atoms with Gasteiger partial charge in [-0.25, -0.2) is 4.39 Å². The molecule has 132 valence electrons. The fraction of sp³-hybridized carbons (Fsp3) is 0.278. The highest BCUT2D eigenvalue weighted by Gasteiger charge is 2.31. The van der Waals surface area contributed by atoms with Crippen molar-refractivity contribution >= 4 is 23.2 Å². The predicted octanol–water partition coefficient (Wildman–Crippen LogP) is 3.81. The summed E-state index contributed by atoms with van der Waals surface area (Å²) in [7, 11) is 2.89. The van der Waals surface area contributed by atoms with Gasteiger partial charge >= 0.3 is 0 Å². The first kappa shape index (κ1) is 17.4. The number of halogens is 2. The summed E-state index contributed by atoms with van der Waals surface area (Å²) in [4.78, 5) is 14.2. The number of carbonyl (C=O) groups excluding carboxylic acids is 1. The Morgan fingerprint density at radius 2 is 1.92 bits per heavy atom. The second-order valence-electron chi connectivity index (χ2n) is 5.60. The van der Waals surface area contributed by atoms with E-state index in [1.54, 1.807) is 25.1 Å². The topological polar surface area (TPSA) is 48.0 Å². The van der Waals surface area contributed by atoms with Gasteiger partial charge in [0.1, 0.15) is 0 Å². The van der Waals surface area contributed by atoms with Crippen LogP contribution in [0.5, 0.6) is 17.2 Å². The molecule has 2 aromatic carbocycles. The van der Waals surface area contributed by atoms with E-state index >= 15 is 0 Å². The van der Waals surface area contributed by atoms with Crippen molar-refractivity contribution in [3.05, 3.63) is 46.7 Å². The molecule has 1 amide bonds. The molecule has 1 atom stereocenters. The third-order valence-corrected chi connectivity index (χ3v) is 4.22. The first-order valence-electron chi connectivity index (χ1n) is 7.62. The molecule has 0 N–H and O–H groups in total. The maximum absolute atomic E-state index is 14.1. The van der Waals surface area contributed by atoms with Gasteiger partial charge in [0.05, 0.1) is 20.8 Å². The Balaban J connectivity index is 2.07. The first-order valence-corrected chi connectivity index (χ1v) is 8.00. The van der Waals surface area contributed by atoms with Crippen molar-refractivity contribution < 1.29 is 23.4 Å². The van der Waals surface area contributed by atoms with E-state index in [-0.39, 0.29) is 18.2 Å². The first-order chi connectivity index (χ1) is 11.9. The van der Waals surface area contributed by atoms with Crippen molar-refractivity contribution in [1.29, 1.82) is 0 Å². The van der Waals surface area contributed by atoms with Crippen molar-refractivity contribution in [3.63, 3.8) is 0 Å². The summed E-state index contributed by atoms with van der Waals surface area (Å²) in [6.07, 6.45) is -0.763. The molecule has 25 heavy (non-hydrogen) atoms. The highest BCUT2D eigenvalue weighted by Crippen LogP contribution is 2.39. The van der Waals surface area contributed by atoms with Gasteiger partial charge in [-0.1, -0.05) is 11.6 Å². The van der Waals surface area contributed by atoms with E-state index < -0.39 is 11.9 Å². The van der Waals surface area contributed by atoms with Gasteiger partial charge in [0.15, 0.2) is 29.2 Å². The van der Waals surface area contributed by atoms with E-state index in [1.807, 2.05) is 0 Å². The summed E-state index contributed by atoms with van der Waals surface area (Å²) < 4.78 is 30.1. The lowest BCUT2D eigenvalue weighted by Gasteiger charge is -2.22. The van der Waals surface area contributed by atoms with Crippen LogP contribution in [0.1, 0.15) is 12.5 Å². The second kappa shape index (κ2) is 6.80. The monoisotopic (exact) mass is 365 g/mol. The molecule has 0 saturated carbocycles. The van der Waals surface area contributed by atoms with Crippen LogP contribution in [-0.2, 0) is 11.3 Å². The van der Waals surface area contributed by atoms with Gasteiger partial charge in [-0.15, -0.1) is 0 Å². The van der Waals surface area contributed by atoms with E-state index in [4.69, 9.17) is 25.8 Å². The largest absolute Gasteiger partial charge is 0.494 e. The molecule has 0 fully saturated rings. The summed E-state index contributed by atoms with van der Waals surface area (Å²) in [6.45, 7) is 1.82. The Morgan fingerprint density at radius 1 is 1.20 bits per heavy atom. The van der Waals surface area contributed by atoms with E-state index in [1.165, 1.54) is 31.3 Å². The zero-order chi connectivity index (χ0) is 18.1. The maximum Gasteiger partial charge on any atom is 0.268 e. The van der Waals surface area contributed by atoms with Crippen LogP contribution in [0.3, 0.4) is 0 Å². The van der Waals surface area contributed by atoms with E-state index in [2.05, 4.69) is 0 Å². The molecule has 2 aromatic rings. The fourth-order valence-electron chi connectivity index (χ4n) is 2.76. The number of amides is 1. The number of nitrogens with zero attached hydrogens (tertiary/aromatic N) is 1. The normalized spacial score (nSPS) is 16.8. The van der Waals surface area contributed by atoms with Crippen LogP contribution in [0.4, 0.5) is 10.1 Å². The number of ether oxygens (including phenoxy) is 3. The minimum atomic E-state index is -0.763. The highest BCUT2D eigenvalue weighted by atomic mass is 35.5. The average molecular weight is 366 g/mol. The summed E-state index contributed by atoms with van der Waals surface area (Å²) in [5.74, 6) is 0.183. The molecule has 0 radical (unpaired) electrons. The van der Waals surface area contributed by atoms with Crippen LogP contribution in [-0.4, -0.2) is 26.2 Å². The summed E-state index contributed by atoms with van der Waals surface area (Å²) in [5.41, 5.74) is 1.09. The molecule has 0 spiro atoms. The lowest BCUT2D eigenvalue weighted by Crippen LogP contribution is -2.38. The number of hydrogen-bond acceptors (Lipinski definition) is 4. The Labute approximate surface area is 149 Å². The number of anilines is 1. The minimum absolute atomic E-state index is 0.112. The van der Waals surface area contributed by atoms with E-state index in [0.29, 0.717) is 27.8 Å². The van der Waals surface area contributed by atoms with E-state index in [0.717, 1.165) is 0 Å². The average Bonchev–Trinajstić information content (AvgIpc) is 2.71. The van der Waals surface area contributed by atoms with Gasteiger partial charge in [0.25, 0.3) is 5.91 Å². The second-order valence-corrected chi connectivity index (χ2v) is 6.04. The lowest BCUT2D eigenvalue weighted by atomic mass is 10.1. The number of fused-ring (bicyclic) bond motifs is 1. The third kappa shape index (κ3) is 3.22. The molecule has 0 aromatic heterocycles. The number of methoxy groups -OCH3 is 2. The smallest absolute Gasteiger partial charge is 0.268 e. The fourth-order valence-corrected chi connectivity index (χ4v) is 2.99. The Hall–Kier alpha value is -2.47.